The minimum absolute atomic E-state index is 0. The molecule has 0 aliphatic heterocycles. The first-order valence-corrected chi connectivity index (χ1v) is 8.61. The molecule has 0 radical (unpaired) electrons. The minimum atomic E-state index is -0.126. The Morgan fingerprint density at radius 2 is 1.93 bits per heavy atom. The lowest BCUT2D eigenvalue weighted by atomic mass is 10.1. The van der Waals surface area contributed by atoms with Crippen molar-refractivity contribution in [3.05, 3.63) is 71.2 Å². The molecule has 6 nitrogen and oxygen atoms in total. The van der Waals surface area contributed by atoms with Crippen LogP contribution in [0.2, 0.25) is 0 Å². The van der Waals surface area contributed by atoms with E-state index in [0.717, 1.165) is 28.2 Å². The Balaban J connectivity index is 0.00000196. The normalized spacial score (nSPS) is 9.96. The van der Waals surface area contributed by atoms with Crippen molar-refractivity contribution >= 4 is 30.7 Å². The maximum Gasteiger partial charge on any atom is 0.251 e. The van der Waals surface area contributed by atoms with Gasteiger partial charge in [-0.15, -0.1) is 24.8 Å². The number of hydrogen-bond donors (Lipinski definition) is 2. The van der Waals surface area contributed by atoms with Crippen molar-refractivity contribution in [3.63, 3.8) is 0 Å². The van der Waals surface area contributed by atoms with Gasteiger partial charge in [0.1, 0.15) is 0 Å². The molecule has 0 aliphatic carbocycles. The number of carbonyl (C=O) groups excluding carboxylic acids is 1. The van der Waals surface area contributed by atoms with Crippen LogP contribution in [-0.2, 0) is 6.54 Å². The molecule has 0 saturated heterocycles. The number of nitrogens with two attached hydrogens (primary N) is 1. The van der Waals surface area contributed by atoms with Crippen molar-refractivity contribution in [1.29, 1.82) is 0 Å². The second kappa shape index (κ2) is 10.8. The summed E-state index contributed by atoms with van der Waals surface area (Å²) in [4.78, 5) is 16.6. The molecule has 3 aromatic rings. The van der Waals surface area contributed by atoms with Crippen molar-refractivity contribution in [3.8, 4) is 11.3 Å². The minimum Gasteiger partial charge on any atom is -0.351 e. The molecule has 3 rings (SSSR count). The van der Waals surface area contributed by atoms with Crippen LogP contribution in [0.1, 0.15) is 27.3 Å². The molecule has 0 bridgehead atoms. The molecule has 0 aliphatic rings. The number of nitrogens with one attached hydrogen (secondary N) is 1. The zero-order chi connectivity index (χ0) is 18.5. The Kier molecular flexibility index (Phi) is 9.12. The third-order valence-electron chi connectivity index (χ3n) is 4.11. The largest absolute Gasteiger partial charge is 0.351 e. The second-order valence-corrected chi connectivity index (χ2v) is 6.26. The number of carbonyl (C=O) groups is 1. The van der Waals surface area contributed by atoms with Crippen LogP contribution in [-0.4, -0.2) is 33.8 Å². The smallest absolute Gasteiger partial charge is 0.251 e. The van der Waals surface area contributed by atoms with Crippen LogP contribution in [0, 0.1) is 13.8 Å². The highest BCUT2D eigenvalue weighted by molar-refractivity contribution is 5.95. The average molecular weight is 422 g/mol. The third-order valence-corrected chi connectivity index (χ3v) is 4.11. The van der Waals surface area contributed by atoms with Crippen LogP contribution in [0.5, 0.6) is 0 Å². The standard InChI is InChI=1S/C20H23N5O.2ClH/c1-14-10-15(2)25(24-14)13-16-6-7-19(23-12-16)17-4-3-5-18(11-17)20(26)22-9-8-21;;/h3-7,10-12H,8-9,13,21H2,1-2H3,(H,22,26);2*1H. The van der Waals surface area contributed by atoms with E-state index in [-0.39, 0.29) is 30.7 Å². The van der Waals surface area contributed by atoms with E-state index in [1.807, 2.05) is 55.1 Å². The number of nitrogens with zero attached hydrogens (tertiary/aromatic N) is 3. The lowest BCUT2D eigenvalue weighted by Gasteiger charge is -2.08. The van der Waals surface area contributed by atoms with E-state index < -0.39 is 0 Å². The first-order valence-electron chi connectivity index (χ1n) is 8.61. The highest BCUT2D eigenvalue weighted by Gasteiger charge is 2.08. The number of aromatic nitrogens is 3. The number of rotatable bonds is 6. The lowest BCUT2D eigenvalue weighted by molar-refractivity contribution is 0.0955. The van der Waals surface area contributed by atoms with Crippen LogP contribution >= 0.6 is 24.8 Å². The molecule has 2 heterocycles. The van der Waals surface area contributed by atoms with Gasteiger partial charge in [0.05, 0.1) is 17.9 Å². The van der Waals surface area contributed by atoms with Gasteiger partial charge in [-0.25, -0.2) is 0 Å². The number of pyridine rings is 1. The Labute approximate surface area is 177 Å². The summed E-state index contributed by atoms with van der Waals surface area (Å²) in [6.07, 6.45) is 1.85. The first-order chi connectivity index (χ1) is 12.6. The molecule has 1 aromatic carbocycles. The maximum atomic E-state index is 12.1. The van der Waals surface area contributed by atoms with Crippen molar-refractivity contribution in [2.24, 2.45) is 5.73 Å². The fourth-order valence-electron chi connectivity index (χ4n) is 2.80. The topological polar surface area (TPSA) is 85.8 Å². The maximum absolute atomic E-state index is 12.1. The van der Waals surface area contributed by atoms with Gasteiger partial charge in [-0.1, -0.05) is 18.2 Å². The van der Waals surface area contributed by atoms with Crippen molar-refractivity contribution in [2.75, 3.05) is 13.1 Å². The average Bonchev–Trinajstić information content (AvgIpc) is 2.97. The van der Waals surface area contributed by atoms with Gasteiger partial charge in [-0.2, -0.15) is 5.10 Å². The Morgan fingerprint density at radius 3 is 2.54 bits per heavy atom. The number of benzene rings is 1. The van der Waals surface area contributed by atoms with Crippen LogP contribution < -0.4 is 11.1 Å². The summed E-state index contributed by atoms with van der Waals surface area (Å²) >= 11 is 0. The van der Waals surface area contributed by atoms with Gasteiger partial charge in [-0.05, 0) is 43.7 Å². The van der Waals surface area contributed by atoms with Gasteiger partial charge in [-0.3, -0.25) is 14.5 Å². The number of aryl methyl sites for hydroxylation is 2. The fourth-order valence-corrected chi connectivity index (χ4v) is 2.80. The molecule has 0 atom stereocenters. The zero-order valence-corrected chi connectivity index (χ0v) is 17.5. The van der Waals surface area contributed by atoms with Gasteiger partial charge in [0.2, 0.25) is 0 Å². The summed E-state index contributed by atoms with van der Waals surface area (Å²) in [5, 5.41) is 7.25. The fraction of sp³-hybridized carbons (Fsp3) is 0.250. The van der Waals surface area contributed by atoms with Crippen molar-refractivity contribution in [1.82, 2.24) is 20.1 Å². The van der Waals surface area contributed by atoms with E-state index in [4.69, 9.17) is 5.73 Å². The summed E-state index contributed by atoms with van der Waals surface area (Å²) in [5.74, 6) is -0.126. The number of halogens is 2. The molecular weight excluding hydrogens is 397 g/mol. The number of amides is 1. The first kappa shape index (κ1) is 23.6. The highest BCUT2D eigenvalue weighted by atomic mass is 35.5. The van der Waals surface area contributed by atoms with Crippen molar-refractivity contribution < 1.29 is 4.79 Å². The lowest BCUT2D eigenvalue weighted by Crippen LogP contribution is -2.28. The molecular formula is C20H25Cl2N5O. The quantitative estimate of drug-likeness (QED) is 0.639. The predicted octanol–water partition coefficient (Wildman–Crippen LogP) is 3.14. The van der Waals surface area contributed by atoms with Gasteiger partial charge in [0.15, 0.2) is 0 Å². The van der Waals surface area contributed by atoms with Crippen LogP contribution in [0.25, 0.3) is 11.3 Å². The highest BCUT2D eigenvalue weighted by Crippen LogP contribution is 2.19. The van der Waals surface area contributed by atoms with E-state index in [1.54, 1.807) is 6.07 Å². The second-order valence-electron chi connectivity index (χ2n) is 6.26. The summed E-state index contributed by atoms with van der Waals surface area (Å²) in [6, 6.07) is 13.5. The van der Waals surface area contributed by atoms with E-state index in [0.29, 0.717) is 25.2 Å². The summed E-state index contributed by atoms with van der Waals surface area (Å²) in [7, 11) is 0. The van der Waals surface area contributed by atoms with E-state index in [2.05, 4.69) is 21.5 Å². The molecule has 1 amide bonds. The van der Waals surface area contributed by atoms with Crippen LogP contribution in [0.15, 0.2) is 48.7 Å². The Bertz CT molecular complexity index is 909. The summed E-state index contributed by atoms with van der Waals surface area (Å²) < 4.78 is 1.97. The van der Waals surface area contributed by atoms with Crippen LogP contribution in [0.4, 0.5) is 0 Å². The van der Waals surface area contributed by atoms with Gasteiger partial charge >= 0.3 is 0 Å². The van der Waals surface area contributed by atoms with Gasteiger partial charge in [0, 0.05) is 36.1 Å². The van der Waals surface area contributed by atoms with E-state index in [9.17, 15) is 4.79 Å². The molecule has 2 aromatic heterocycles. The molecule has 0 unspecified atom stereocenters. The molecule has 3 N–H and O–H groups in total. The molecule has 28 heavy (non-hydrogen) atoms. The van der Waals surface area contributed by atoms with Crippen LogP contribution in [0.3, 0.4) is 0 Å². The zero-order valence-electron chi connectivity index (χ0n) is 15.9. The monoisotopic (exact) mass is 421 g/mol. The van der Waals surface area contributed by atoms with Gasteiger partial charge in [0.25, 0.3) is 5.91 Å². The predicted molar refractivity (Wildman–Crippen MR) is 116 cm³/mol. The number of hydrogen-bond acceptors (Lipinski definition) is 4. The third kappa shape index (κ3) is 5.79. The van der Waals surface area contributed by atoms with Gasteiger partial charge < -0.3 is 11.1 Å². The van der Waals surface area contributed by atoms with Crippen molar-refractivity contribution in [2.45, 2.75) is 20.4 Å². The molecule has 0 spiro atoms. The summed E-state index contributed by atoms with van der Waals surface area (Å²) in [6.45, 7) is 5.60. The molecule has 8 heteroatoms. The van der Waals surface area contributed by atoms with E-state index in [1.165, 1.54) is 0 Å². The molecule has 150 valence electrons. The Hall–Kier alpha value is -2.41. The van der Waals surface area contributed by atoms with E-state index >= 15 is 0 Å². The SMILES string of the molecule is Cc1cc(C)n(Cc2ccc(-c3cccc(C(=O)NCCN)c3)nc2)n1.Cl.Cl. The molecule has 0 saturated carbocycles. The Morgan fingerprint density at radius 1 is 1.14 bits per heavy atom. The molecule has 0 fully saturated rings. The summed E-state index contributed by atoms with van der Waals surface area (Å²) in [5.41, 5.74) is 11.0.